The molecule has 1 amide bonds. The third kappa shape index (κ3) is 3.43. The molecule has 0 saturated carbocycles. The molecule has 7 heteroatoms. The summed E-state index contributed by atoms with van der Waals surface area (Å²) in [6.45, 7) is 5.66. The summed E-state index contributed by atoms with van der Waals surface area (Å²) >= 11 is 1.36. The lowest BCUT2D eigenvalue weighted by atomic mass is 10.1. The molecule has 1 aromatic carbocycles. The monoisotopic (exact) mass is 305 g/mol. The van der Waals surface area contributed by atoms with Gasteiger partial charge in [0.15, 0.2) is 5.13 Å². The molecule has 0 bridgehead atoms. The minimum absolute atomic E-state index is 0.00268. The molecule has 1 N–H and O–H groups in total. The molecular weight excluding hydrogens is 290 g/mol. The van der Waals surface area contributed by atoms with Gasteiger partial charge in [0, 0.05) is 22.6 Å². The molecule has 110 valence electrons. The van der Waals surface area contributed by atoms with Gasteiger partial charge in [0.1, 0.15) is 0 Å². The second kappa shape index (κ2) is 6.01. The van der Waals surface area contributed by atoms with Crippen LogP contribution in [-0.4, -0.2) is 15.8 Å². The zero-order valence-corrected chi connectivity index (χ0v) is 12.7. The first kappa shape index (κ1) is 15.1. The van der Waals surface area contributed by atoms with Crippen LogP contribution in [0.4, 0.5) is 10.8 Å². The van der Waals surface area contributed by atoms with E-state index < -0.39 is 4.92 Å². The summed E-state index contributed by atoms with van der Waals surface area (Å²) in [6.07, 6.45) is 0. The third-order valence-electron chi connectivity index (χ3n) is 2.99. The van der Waals surface area contributed by atoms with Crippen LogP contribution >= 0.6 is 11.3 Å². The van der Waals surface area contributed by atoms with E-state index >= 15 is 0 Å². The third-order valence-corrected chi connectivity index (χ3v) is 3.77. The van der Waals surface area contributed by atoms with E-state index in [1.54, 1.807) is 6.92 Å². The molecule has 0 unspecified atom stereocenters. The Bertz CT molecular complexity index is 695. The first-order valence-electron chi connectivity index (χ1n) is 6.40. The summed E-state index contributed by atoms with van der Waals surface area (Å²) in [4.78, 5) is 26.7. The van der Waals surface area contributed by atoms with Crippen LogP contribution in [0.25, 0.3) is 0 Å². The molecule has 2 rings (SSSR count). The lowest BCUT2D eigenvalue weighted by Crippen LogP contribution is -2.12. The number of benzene rings is 1. The summed E-state index contributed by atoms with van der Waals surface area (Å²) in [6, 6.07) is 4.29. The van der Waals surface area contributed by atoms with Gasteiger partial charge in [-0.1, -0.05) is 13.8 Å². The minimum atomic E-state index is -0.466. The number of aryl methyl sites for hydroxylation is 1. The zero-order chi connectivity index (χ0) is 15.6. The van der Waals surface area contributed by atoms with E-state index in [1.807, 2.05) is 19.2 Å². The Labute approximate surface area is 126 Å². The van der Waals surface area contributed by atoms with E-state index in [9.17, 15) is 14.9 Å². The van der Waals surface area contributed by atoms with Gasteiger partial charge < -0.3 is 0 Å². The molecule has 0 aliphatic rings. The maximum atomic E-state index is 12.1. The highest BCUT2D eigenvalue weighted by Crippen LogP contribution is 2.23. The Morgan fingerprint density at radius 1 is 1.43 bits per heavy atom. The highest BCUT2D eigenvalue weighted by Gasteiger charge is 2.15. The van der Waals surface area contributed by atoms with Crippen LogP contribution in [0.1, 0.15) is 41.4 Å². The summed E-state index contributed by atoms with van der Waals surface area (Å²) in [5.74, 6) is -0.0221. The number of nitro groups is 1. The fraction of sp³-hybridized carbons (Fsp3) is 0.286. The average molecular weight is 305 g/mol. The van der Waals surface area contributed by atoms with E-state index in [1.165, 1.54) is 29.5 Å². The number of aromatic nitrogens is 1. The molecule has 0 spiro atoms. The summed E-state index contributed by atoms with van der Waals surface area (Å²) in [5.41, 5.74) is 1.76. The molecule has 6 nitrogen and oxygen atoms in total. The van der Waals surface area contributed by atoms with E-state index in [2.05, 4.69) is 10.3 Å². The van der Waals surface area contributed by atoms with Crippen molar-refractivity contribution < 1.29 is 9.72 Å². The molecule has 1 aromatic heterocycles. The van der Waals surface area contributed by atoms with Crippen molar-refractivity contribution in [2.24, 2.45) is 0 Å². The topological polar surface area (TPSA) is 85.1 Å². The van der Waals surface area contributed by atoms with Crippen LogP contribution < -0.4 is 5.32 Å². The van der Waals surface area contributed by atoms with E-state index in [4.69, 9.17) is 0 Å². The number of rotatable bonds is 4. The van der Waals surface area contributed by atoms with Gasteiger partial charge in [-0.15, -0.1) is 11.3 Å². The van der Waals surface area contributed by atoms with E-state index in [-0.39, 0.29) is 11.6 Å². The highest BCUT2D eigenvalue weighted by atomic mass is 32.1. The molecule has 21 heavy (non-hydrogen) atoms. The first-order valence-corrected chi connectivity index (χ1v) is 7.28. The molecule has 0 atom stereocenters. The molecule has 0 fully saturated rings. The predicted octanol–water partition coefficient (Wildman–Crippen LogP) is 3.74. The Morgan fingerprint density at radius 3 is 2.67 bits per heavy atom. The summed E-state index contributed by atoms with van der Waals surface area (Å²) < 4.78 is 0. The summed E-state index contributed by atoms with van der Waals surface area (Å²) in [7, 11) is 0. The number of hydrogen-bond donors (Lipinski definition) is 1. The van der Waals surface area contributed by atoms with Crippen LogP contribution in [-0.2, 0) is 0 Å². The lowest BCUT2D eigenvalue weighted by molar-refractivity contribution is -0.385. The largest absolute Gasteiger partial charge is 0.298 e. The number of nitro benzene ring substituents is 1. The number of nitrogens with zero attached hydrogens (tertiary/aromatic N) is 2. The number of carbonyl (C=O) groups is 1. The van der Waals surface area contributed by atoms with Crippen LogP contribution in [0.2, 0.25) is 0 Å². The van der Waals surface area contributed by atoms with E-state index in [0.29, 0.717) is 22.2 Å². The Hall–Kier alpha value is -2.28. The lowest BCUT2D eigenvalue weighted by Gasteiger charge is -2.04. The predicted molar refractivity (Wildman–Crippen MR) is 82.0 cm³/mol. The molecule has 0 aliphatic carbocycles. The molecule has 0 radical (unpaired) electrons. The second-order valence-corrected chi connectivity index (χ2v) is 5.80. The SMILES string of the molecule is Cc1cc(C(=O)Nc2nc(C(C)C)cs2)ccc1[N+](=O)[O-]. The highest BCUT2D eigenvalue weighted by molar-refractivity contribution is 7.14. The van der Waals surface area contributed by atoms with Crippen molar-refractivity contribution in [2.75, 3.05) is 5.32 Å². The van der Waals surface area contributed by atoms with Crippen LogP contribution in [0.5, 0.6) is 0 Å². The molecule has 1 heterocycles. The number of amides is 1. The summed E-state index contributed by atoms with van der Waals surface area (Å²) in [5, 5.41) is 15.9. The Morgan fingerprint density at radius 2 is 2.14 bits per heavy atom. The number of nitrogens with one attached hydrogen (secondary N) is 1. The van der Waals surface area contributed by atoms with Crippen molar-refractivity contribution in [1.29, 1.82) is 0 Å². The van der Waals surface area contributed by atoms with Crippen molar-refractivity contribution in [3.63, 3.8) is 0 Å². The van der Waals surface area contributed by atoms with Crippen molar-refractivity contribution in [2.45, 2.75) is 26.7 Å². The van der Waals surface area contributed by atoms with Crippen LogP contribution in [0, 0.1) is 17.0 Å². The number of anilines is 1. The van der Waals surface area contributed by atoms with Gasteiger partial charge in [0.25, 0.3) is 11.6 Å². The Kier molecular flexibility index (Phi) is 4.32. The van der Waals surface area contributed by atoms with Crippen molar-refractivity contribution in [3.8, 4) is 0 Å². The smallest absolute Gasteiger partial charge is 0.272 e. The number of hydrogen-bond acceptors (Lipinski definition) is 5. The van der Waals surface area contributed by atoms with Gasteiger partial charge in [0.05, 0.1) is 10.6 Å². The number of thiazole rings is 1. The van der Waals surface area contributed by atoms with Gasteiger partial charge in [0.2, 0.25) is 0 Å². The number of carbonyl (C=O) groups excluding carboxylic acids is 1. The van der Waals surface area contributed by atoms with E-state index in [0.717, 1.165) is 5.69 Å². The van der Waals surface area contributed by atoms with Gasteiger partial charge >= 0.3 is 0 Å². The second-order valence-electron chi connectivity index (χ2n) is 4.94. The normalized spacial score (nSPS) is 10.7. The van der Waals surface area contributed by atoms with Gasteiger partial charge in [-0.05, 0) is 25.0 Å². The standard InChI is InChI=1S/C14H15N3O3S/c1-8(2)11-7-21-14(15-11)16-13(18)10-4-5-12(17(19)20)9(3)6-10/h4-8H,1-3H3,(H,15,16,18). The van der Waals surface area contributed by atoms with Crippen LogP contribution in [0.3, 0.4) is 0 Å². The zero-order valence-electron chi connectivity index (χ0n) is 11.9. The maximum Gasteiger partial charge on any atom is 0.272 e. The minimum Gasteiger partial charge on any atom is -0.298 e. The average Bonchev–Trinajstić information content (AvgIpc) is 2.86. The van der Waals surface area contributed by atoms with Gasteiger partial charge in [-0.3, -0.25) is 20.2 Å². The van der Waals surface area contributed by atoms with Crippen LogP contribution in [0.15, 0.2) is 23.6 Å². The first-order chi connectivity index (χ1) is 9.88. The van der Waals surface area contributed by atoms with Crippen molar-refractivity contribution >= 4 is 28.1 Å². The molecule has 0 aliphatic heterocycles. The fourth-order valence-electron chi connectivity index (χ4n) is 1.78. The quantitative estimate of drug-likeness (QED) is 0.688. The maximum absolute atomic E-state index is 12.1. The molecular formula is C14H15N3O3S. The van der Waals surface area contributed by atoms with Crippen molar-refractivity contribution in [3.05, 3.63) is 50.5 Å². The van der Waals surface area contributed by atoms with Gasteiger partial charge in [-0.25, -0.2) is 4.98 Å². The van der Waals surface area contributed by atoms with Crippen molar-refractivity contribution in [1.82, 2.24) is 4.98 Å². The molecule has 0 saturated heterocycles. The molecule has 2 aromatic rings. The van der Waals surface area contributed by atoms with Gasteiger partial charge in [-0.2, -0.15) is 0 Å². The Balaban J connectivity index is 2.16. The fourth-order valence-corrected chi connectivity index (χ4v) is 2.65.